The molecule has 0 aliphatic rings. The second-order valence-electron chi connectivity index (χ2n) is 6.69. The van der Waals surface area contributed by atoms with Gasteiger partial charge in [-0.1, -0.05) is 25.1 Å². The maximum Gasteiger partial charge on any atom is 0.338 e. The summed E-state index contributed by atoms with van der Waals surface area (Å²) >= 11 is 1.83. The van der Waals surface area contributed by atoms with E-state index in [0.717, 1.165) is 19.5 Å². The maximum atomic E-state index is 12.2. The summed E-state index contributed by atoms with van der Waals surface area (Å²) in [5, 5.41) is 0. The van der Waals surface area contributed by atoms with Crippen molar-refractivity contribution in [3.63, 3.8) is 0 Å². The molecule has 1 aromatic carbocycles. The van der Waals surface area contributed by atoms with E-state index in [9.17, 15) is 4.79 Å². The number of rotatable bonds is 8. The minimum Gasteiger partial charge on any atom is -0.460 e. The molecule has 4 heteroatoms. The molecular weight excluding hydrogens is 318 g/mol. The van der Waals surface area contributed by atoms with Crippen LogP contribution in [0.3, 0.4) is 0 Å². The smallest absolute Gasteiger partial charge is 0.338 e. The molecule has 0 saturated carbocycles. The van der Waals surface area contributed by atoms with Gasteiger partial charge >= 0.3 is 5.97 Å². The van der Waals surface area contributed by atoms with Crippen LogP contribution >= 0.6 is 11.3 Å². The van der Waals surface area contributed by atoms with E-state index in [-0.39, 0.29) is 11.5 Å². The zero-order chi connectivity index (χ0) is 17.6. The Hall–Kier alpha value is -1.65. The first kappa shape index (κ1) is 18.7. The SMILES string of the molecule is CCCN(Cc1ccc(C)s1)C(C)(C)COC(=O)c1ccccc1. The quantitative estimate of drug-likeness (QED) is 0.637. The zero-order valence-corrected chi connectivity index (χ0v) is 15.9. The molecule has 0 fully saturated rings. The molecule has 24 heavy (non-hydrogen) atoms. The van der Waals surface area contributed by atoms with E-state index in [0.29, 0.717) is 12.2 Å². The fraction of sp³-hybridized carbons (Fsp3) is 0.450. The average molecular weight is 346 g/mol. The monoisotopic (exact) mass is 345 g/mol. The van der Waals surface area contributed by atoms with Crippen LogP contribution in [0.15, 0.2) is 42.5 Å². The lowest BCUT2D eigenvalue weighted by molar-refractivity contribution is 0.0102. The first-order chi connectivity index (χ1) is 11.4. The summed E-state index contributed by atoms with van der Waals surface area (Å²) in [5.41, 5.74) is 0.391. The van der Waals surface area contributed by atoms with Gasteiger partial charge < -0.3 is 4.74 Å². The van der Waals surface area contributed by atoms with Crippen LogP contribution in [0.25, 0.3) is 0 Å². The van der Waals surface area contributed by atoms with E-state index >= 15 is 0 Å². The summed E-state index contributed by atoms with van der Waals surface area (Å²) < 4.78 is 5.59. The molecule has 0 atom stereocenters. The van der Waals surface area contributed by atoms with Crippen LogP contribution in [-0.2, 0) is 11.3 Å². The van der Waals surface area contributed by atoms with Crippen molar-refractivity contribution in [1.29, 1.82) is 0 Å². The average Bonchev–Trinajstić information content (AvgIpc) is 2.98. The van der Waals surface area contributed by atoms with Gasteiger partial charge in [-0.15, -0.1) is 11.3 Å². The molecular formula is C20H27NO2S. The van der Waals surface area contributed by atoms with E-state index in [4.69, 9.17) is 4.74 Å². The van der Waals surface area contributed by atoms with Crippen LogP contribution in [0.2, 0.25) is 0 Å². The number of nitrogens with zero attached hydrogens (tertiary/aromatic N) is 1. The summed E-state index contributed by atoms with van der Waals surface area (Å²) in [5.74, 6) is -0.257. The first-order valence-corrected chi connectivity index (χ1v) is 9.26. The van der Waals surface area contributed by atoms with Gasteiger partial charge in [0.15, 0.2) is 0 Å². The largest absolute Gasteiger partial charge is 0.460 e. The topological polar surface area (TPSA) is 29.5 Å². The van der Waals surface area contributed by atoms with Gasteiger partial charge in [0.25, 0.3) is 0 Å². The predicted molar refractivity (Wildman–Crippen MR) is 101 cm³/mol. The first-order valence-electron chi connectivity index (χ1n) is 8.45. The number of benzene rings is 1. The molecule has 0 aliphatic carbocycles. The highest BCUT2D eigenvalue weighted by atomic mass is 32.1. The van der Waals surface area contributed by atoms with E-state index in [1.807, 2.05) is 29.5 Å². The maximum absolute atomic E-state index is 12.2. The lowest BCUT2D eigenvalue weighted by Gasteiger charge is -2.37. The van der Waals surface area contributed by atoms with Crippen LogP contribution in [0.4, 0.5) is 0 Å². The molecule has 0 radical (unpaired) electrons. The number of aryl methyl sites for hydroxylation is 1. The van der Waals surface area contributed by atoms with Crippen LogP contribution in [0, 0.1) is 6.92 Å². The Labute approximate surface area is 149 Å². The van der Waals surface area contributed by atoms with Crippen molar-refractivity contribution in [3.05, 3.63) is 57.8 Å². The van der Waals surface area contributed by atoms with Crippen molar-refractivity contribution in [2.75, 3.05) is 13.2 Å². The molecule has 0 saturated heterocycles. The van der Waals surface area contributed by atoms with Crippen LogP contribution in [0.5, 0.6) is 0 Å². The Kier molecular flexibility index (Phi) is 6.58. The zero-order valence-electron chi connectivity index (χ0n) is 15.0. The van der Waals surface area contributed by atoms with Crippen molar-refractivity contribution >= 4 is 17.3 Å². The lowest BCUT2D eigenvalue weighted by Crippen LogP contribution is -2.47. The van der Waals surface area contributed by atoms with Crippen LogP contribution < -0.4 is 0 Å². The van der Waals surface area contributed by atoms with Gasteiger partial charge in [0.2, 0.25) is 0 Å². The number of ether oxygens (including phenoxy) is 1. The Morgan fingerprint density at radius 3 is 2.46 bits per heavy atom. The van der Waals surface area contributed by atoms with Crippen molar-refractivity contribution in [3.8, 4) is 0 Å². The Balaban J connectivity index is 2.00. The van der Waals surface area contributed by atoms with Crippen LogP contribution in [-0.4, -0.2) is 29.6 Å². The molecule has 0 aliphatic heterocycles. The number of carbonyl (C=O) groups is 1. The molecule has 130 valence electrons. The van der Waals surface area contributed by atoms with Gasteiger partial charge in [-0.05, 0) is 58.0 Å². The lowest BCUT2D eigenvalue weighted by atomic mass is 10.0. The second-order valence-corrected chi connectivity index (χ2v) is 8.06. The summed E-state index contributed by atoms with van der Waals surface area (Å²) in [6.45, 7) is 10.8. The van der Waals surface area contributed by atoms with Gasteiger partial charge in [0, 0.05) is 21.8 Å². The third-order valence-corrected chi connectivity index (χ3v) is 5.04. The summed E-state index contributed by atoms with van der Waals surface area (Å²) in [7, 11) is 0. The molecule has 0 spiro atoms. The summed E-state index contributed by atoms with van der Waals surface area (Å²) in [6, 6.07) is 13.5. The van der Waals surface area contributed by atoms with Gasteiger partial charge in [0.1, 0.15) is 6.61 Å². The third kappa shape index (κ3) is 5.18. The fourth-order valence-corrected chi connectivity index (χ4v) is 3.52. The number of hydrogen-bond donors (Lipinski definition) is 0. The summed E-state index contributed by atoms with van der Waals surface area (Å²) in [6.07, 6.45) is 1.07. The minimum atomic E-state index is -0.257. The molecule has 0 N–H and O–H groups in total. The minimum absolute atomic E-state index is 0.210. The van der Waals surface area contributed by atoms with E-state index < -0.39 is 0 Å². The standard InChI is InChI=1S/C20H27NO2S/c1-5-13-21(14-18-12-11-16(2)24-18)20(3,4)15-23-19(22)17-9-7-6-8-10-17/h6-12H,5,13-15H2,1-4H3. The van der Waals surface area contributed by atoms with Crippen LogP contribution in [0.1, 0.15) is 47.3 Å². The normalized spacial score (nSPS) is 11.7. The molecule has 3 nitrogen and oxygen atoms in total. The van der Waals surface area contributed by atoms with E-state index in [1.165, 1.54) is 9.75 Å². The highest BCUT2D eigenvalue weighted by Crippen LogP contribution is 2.23. The number of carbonyl (C=O) groups excluding carboxylic acids is 1. The Bertz CT molecular complexity index is 649. The molecule has 0 amide bonds. The molecule has 0 bridgehead atoms. The van der Waals surface area contributed by atoms with Crippen molar-refractivity contribution in [2.24, 2.45) is 0 Å². The molecule has 2 rings (SSSR count). The molecule has 2 aromatic rings. The van der Waals surface area contributed by atoms with E-state index in [1.54, 1.807) is 12.1 Å². The van der Waals surface area contributed by atoms with Crippen molar-refractivity contribution in [2.45, 2.75) is 46.2 Å². The molecule has 1 aromatic heterocycles. The number of esters is 1. The van der Waals surface area contributed by atoms with Gasteiger partial charge in [0.05, 0.1) is 5.56 Å². The summed E-state index contributed by atoms with van der Waals surface area (Å²) in [4.78, 5) is 17.3. The van der Waals surface area contributed by atoms with Gasteiger partial charge in [-0.25, -0.2) is 4.79 Å². The number of hydrogen-bond acceptors (Lipinski definition) is 4. The second kappa shape index (κ2) is 8.45. The fourth-order valence-electron chi connectivity index (χ4n) is 2.61. The number of thiophene rings is 1. The highest BCUT2D eigenvalue weighted by Gasteiger charge is 2.28. The van der Waals surface area contributed by atoms with Gasteiger partial charge in [-0.3, -0.25) is 4.90 Å². The highest BCUT2D eigenvalue weighted by molar-refractivity contribution is 7.11. The Morgan fingerprint density at radius 2 is 1.88 bits per heavy atom. The molecule has 1 heterocycles. The predicted octanol–water partition coefficient (Wildman–Crippen LogP) is 4.90. The Morgan fingerprint density at radius 1 is 1.17 bits per heavy atom. The van der Waals surface area contributed by atoms with Crippen molar-refractivity contribution in [1.82, 2.24) is 4.90 Å². The van der Waals surface area contributed by atoms with Crippen molar-refractivity contribution < 1.29 is 9.53 Å². The third-order valence-electron chi connectivity index (χ3n) is 4.06. The molecule has 0 unspecified atom stereocenters. The van der Waals surface area contributed by atoms with E-state index in [2.05, 4.69) is 44.7 Å². The van der Waals surface area contributed by atoms with Gasteiger partial charge in [-0.2, -0.15) is 0 Å².